The third-order valence-corrected chi connectivity index (χ3v) is 4.96. The van der Waals surface area contributed by atoms with Crippen molar-refractivity contribution in [2.45, 2.75) is 11.3 Å². The second kappa shape index (κ2) is 9.23. The van der Waals surface area contributed by atoms with Crippen LogP contribution >= 0.6 is 11.8 Å². The maximum absolute atomic E-state index is 13.5. The maximum Gasteiger partial charge on any atom is 0.265 e. The third kappa shape index (κ3) is 5.01. The number of fused-ring (bicyclic) bond motifs is 1. The molecule has 0 saturated heterocycles. The lowest BCUT2D eigenvalue weighted by atomic mass is 10.2. The van der Waals surface area contributed by atoms with Crippen LogP contribution in [-0.4, -0.2) is 36.6 Å². The lowest BCUT2D eigenvalue weighted by Crippen LogP contribution is -2.45. The highest BCUT2D eigenvalue weighted by molar-refractivity contribution is 8.00. The number of para-hydroxylation sites is 2. The molecule has 3 rings (SSSR count). The van der Waals surface area contributed by atoms with E-state index in [-0.39, 0.29) is 31.2 Å². The standard InChI is InChI=1S/C19H18FN3O4S/c20-13-5-1-4-8-16(13)28-12-18(25)22-21-17(24)9-10-23-14-6-2-3-7-15(14)27-11-19(23)26/h1-8H,9-12H2,(H,21,24)(H,22,25). The Morgan fingerprint density at radius 1 is 1.07 bits per heavy atom. The van der Waals surface area contributed by atoms with Crippen LogP contribution in [0.2, 0.25) is 0 Å². The molecule has 0 radical (unpaired) electrons. The number of halogens is 1. The van der Waals surface area contributed by atoms with E-state index in [2.05, 4.69) is 10.9 Å². The van der Waals surface area contributed by atoms with Gasteiger partial charge in [0.15, 0.2) is 6.61 Å². The molecule has 2 aromatic rings. The summed E-state index contributed by atoms with van der Waals surface area (Å²) in [6.07, 6.45) is 0.000804. The molecule has 2 N–H and O–H groups in total. The fourth-order valence-corrected chi connectivity index (χ4v) is 3.30. The van der Waals surface area contributed by atoms with Crippen LogP contribution in [0, 0.1) is 5.82 Å². The minimum atomic E-state index is -0.464. The van der Waals surface area contributed by atoms with E-state index < -0.39 is 17.6 Å². The highest BCUT2D eigenvalue weighted by atomic mass is 32.2. The minimum absolute atomic E-state index is 0.000804. The van der Waals surface area contributed by atoms with Crippen molar-refractivity contribution in [3.63, 3.8) is 0 Å². The zero-order valence-electron chi connectivity index (χ0n) is 14.8. The number of carbonyl (C=O) groups is 3. The predicted octanol–water partition coefficient (Wildman–Crippen LogP) is 1.88. The number of ether oxygens (including phenoxy) is 1. The van der Waals surface area contributed by atoms with Crippen molar-refractivity contribution in [3.05, 3.63) is 54.3 Å². The molecule has 1 aliphatic heterocycles. The zero-order chi connectivity index (χ0) is 19.9. The number of hydrogen-bond donors (Lipinski definition) is 2. The highest BCUT2D eigenvalue weighted by Gasteiger charge is 2.25. The number of nitrogens with one attached hydrogen (secondary N) is 2. The summed E-state index contributed by atoms with van der Waals surface area (Å²) in [6.45, 7) is 0.0769. The van der Waals surface area contributed by atoms with E-state index in [1.165, 1.54) is 11.0 Å². The van der Waals surface area contributed by atoms with Crippen LogP contribution in [0.5, 0.6) is 5.75 Å². The molecular formula is C19H18FN3O4S. The van der Waals surface area contributed by atoms with E-state index in [9.17, 15) is 18.8 Å². The number of nitrogens with zero attached hydrogens (tertiary/aromatic N) is 1. The molecule has 0 atom stereocenters. The summed E-state index contributed by atoms with van der Waals surface area (Å²) in [5.41, 5.74) is 5.19. The Hall–Kier alpha value is -3.07. The van der Waals surface area contributed by atoms with Crippen LogP contribution in [-0.2, 0) is 14.4 Å². The lowest BCUT2D eigenvalue weighted by molar-refractivity contribution is -0.127. The van der Waals surface area contributed by atoms with Gasteiger partial charge in [0.25, 0.3) is 5.91 Å². The average Bonchev–Trinajstić information content (AvgIpc) is 2.71. The third-order valence-electron chi connectivity index (χ3n) is 3.91. The molecule has 28 heavy (non-hydrogen) atoms. The first-order chi connectivity index (χ1) is 13.5. The molecule has 9 heteroatoms. The topological polar surface area (TPSA) is 87.7 Å². The first kappa shape index (κ1) is 19.7. The van der Waals surface area contributed by atoms with Gasteiger partial charge >= 0.3 is 0 Å². The van der Waals surface area contributed by atoms with Gasteiger partial charge in [-0.1, -0.05) is 24.3 Å². The van der Waals surface area contributed by atoms with E-state index in [0.717, 1.165) is 11.8 Å². The van der Waals surface area contributed by atoms with Crippen molar-refractivity contribution in [3.8, 4) is 5.75 Å². The molecule has 3 amide bonds. The molecule has 1 heterocycles. The Bertz CT molecular complexity index is 893. The van der Waals surface area contributed by atoms with Gasteiger partial charge in [-0.15, -0.1) is 11.8 Å². The van der Waals surface area contributed by atoms with Gasteiger partial charge in [0.1, 0.15) is 11.6 Å². The normalized spacial score (nSPS) is 12.8. The molecule has 0 unspecified atom stereocenters. The number of rotatable bonds is 6. The van der Waals surface area contributed by atoms with Crippen LogP contribution in [0.15, 0.2) is 53.4 Å². The largest absolute Gasteiger partial charge is 0.482 e. The smallest absolute Gasteiger partial charge is 0.265 e. The summed E-state index contributed by atoms with van der Waals surface area (Å²) in [4.78, 5) is 37.7. The molecule has 0 fully saturated rings. The van der Waals surface area contributed by atoms with Crippen molar-refractivity contribution in [2.24, 2.45) is 0 Å². The molecule has 0 aliphatic carbocycles. The van der Waals surface area contributed by atoms with Crippen molar-refractivity contribution in [2.75, 3.05) is 23.8 Å². The number of benzene rings is 2. The molecule has 0 spiro atoms. The number of thioether (sulfide) groups is 1. The second-order valence-electron chi connectivity index (χ2n) is 5.87. The Morgan fingerprint density at radius 2 is 1.79 bits per heavy atom. The number of hydrazine groups is 1. The second-order valence-corrected chi connectivity index (χ2v) is 6.88. The van der Waals surface area contributed by atoms with Crippen molar-refractivity contribution >= 4 is 35.2 Å². The van der Waals surface area contributed by atoms with Gasteiger partial charge in [0.05, 0.1) is 11.4 Å². The summed E-state index contributed by atoms with van der Waals surface area (Å²) in [5, 5.41) is 0. The zero-order valence-corrected chi connectivity index (χ0v) is 15.6. The highest BCUT2D eigenvalue weighted by Crippen LogP contribution is 2.31. The van der Waals surface area contributed by atoms with Gasteiger partial charge in [-0.25, -0.2) is 4.39 Å². The monoisotopic (exact) mass is 403 g/mol. The van der Waals surface area contributed by atoms with Gasteiger partial charge < -0.3 is 9.64 Å². The predicted molar refractivity (Wildman–Crippen MR) is 102 cm³/mol. The van der Waals surface area contributed by atoms with Crippen LogP contribution in [0.1, 0.15) is 6.42 Å². The van der Waals surface area contributed by atoms with Gasteiger partial charge in [0, 0.05) is 17.9 Å². The van der Waals surface area contributed by atoms with Gasteiger partial charge in [-0.3, -0.25) is 25.2 Å². The van der Waals surface area contributed by atoms with Crippen LogP contribution < -0.4 is 20.5 Å². The van der Waals surface area contributed by atoms with Gasteiger partial charge in [-0.2, -0.15) is 0 Å². The Labute approximate surface area is 165 Å². The summed E-state index contributed by atoms with van der Waals surface area (Å²) in [6, 6.07) is 13.2. The van der Waals surface area contributed by atoms with Crippen molar-refractivity contribution in [1.29, 1.82) is 0 Å². The van der Waals surface area contributed by atoms with Gasteiger partial charge in [-0.05, 0) is 24.3 Å². The van der Waals surface area contributed by atoms with Crippen molar-refractivity contribution in [1.82, 2.24) is 10.9 Å². The number of amides is 3. The SMILES string of the molecule is O=C(CCN1C(=O)COc2ccccc21)NNC(=O)CSc1ccccc1F. The molecule has 0 saturated carbocycles. The Kier molecular flexibility index (Phi) is 6.49. The van der Waals surface area contributed by atoms with Crippen molar-refractivity contribution < 1.29 is 23.5 Å². The van der Waals surface area contributed by atoms with Crippen LogP contribution in [0.25, 0.3) is 0 Å². The first-order valence-corrected chi connectivity index (χ1v) is 9.50. The Balaban J connectivity index is 1.43. The summed E-state index contributed by atoms with van der Waals surface area (Å²) >= 11 is 1.03. The number of carbonyl (C=O) groups excluding carboxylic acids is 3. The van der Waals surface area contributed by atoms with E-state index >= 15 is 0 Å². The summed E-state index contributed by atoms with van der Waals surface area (Å²) < 4.78 is 18.9. The molecule has 0 aromatic heterocycles. The van der Waals surface area contributed by atoms with Gasteiger partial charge in [0.2, 0.25) is 11.8 Å². The van der Waals surface area contributed by atoms with E-state index in [1.54, 1.807) is 42.5 Å². The van der Waals surface area contributed by atoms with Crippen LogP contribution in [0.4, 0.5) is 10.1 Å². The quantitative estimate of drug-likeness (QED) is 0.568. The molecule has 0 bridgehead atoms. The Morgan fingerprint density at radius 3 is 2.61 bits per heavy atom. The number of hydrogen-bond acceptors (Lipinski definition) is 5. The van der Waals surface area contributed by atoms with E-state index in [4.69, 9.17) is 4.74 Å². The van der Waals surface area contributed by atoms with Crippen LogP contribution in [0.3, 0.4) is 0 Å². The fourth-order valence-electron chi connectivity index (χ4n) is 2.56. The molecule has 1 aliphatic rings. The first-order valence-electron chi connectivity index (χ1n) is 8.52. The maximum atomic E-state index is 13.5. The lowest BCUT2D eigenvalue weighted by Gasteiger charge is -2.29. The summed E-state index contributed by atoms with van der Waals surface area (Å²) in [7, 11) is 0. The number of anilines is 1. The molecular weight excluding hydrogens is 385 g/mol. The average molecular weight is 403 g/mol. The molecule has 2 aromatic carbocycles. The molecule has 146 valence electrons. The minimum Gasteiger partial charge on any atom is -0.482 e. The van der Waals surface area contributed by atoms with E-state index in [0.29, 0.717) is 16.3 Å². The summed E-state index contributed by atoms with van der Waals surface area (Å²) in [5.74, 6) is -1.01. The fraction of sp³-hybridized carbons (Fsp3) is 0.211. The molecule has 7 nitrogen and oxygen atoms in total. The van der Waals surface area contributed by atoms with E-state index in [1.807, 2.05) is 0 Å².